The third-order valence-corrected chi connectivity index (χ3v) is 4.48. The lowest BCUT2D eigenvalue weighted by Crippen LogP contribution is -2.51. The average molecular weight is 360 g/mol. The van der Waals surface area contributed by atoms with Crippen LogP contribution in [0.4, 0.5) is 4.39 Å². The largest absolute Gasteiger partial charge is 0.337 e. The van der Waals surface area contributed by atoms with Gasteiger partial charge in [0.2, 0.25) is 5.91 Å². The average Bonchev–Trinajstić information content (AvgIpc) is 2.48. The van der Waals surface area contributed by atoms with Crippen LogP contribution in [0.5, 0.6) is 0 Å². The Kier molecular flexibility index (Phi) is 6.82. The number of nitrogens with zero attached hydrogens (tertiary/aromatic N) is 1. The number of hydrogen-bond donors (Lipinski definition) is 2. The van der Waals surface area contributed by atoms with Crippen LogP contribution in [0.25, 0.3) is 0 Å². The van der Waals surface area contributed by atoms with Gasteiger partial charge >= 0.3 is 0 Å². The summed E-state index contributed by atoms with van der Waals surface area (Å²) in [4.78, 5) is 12.0. The number of nitriles is 1. The number of halogens is 3. The molecule has 0 heterocycles. The van der Waals surface area contributed by atoms with Crippen LogP contribution >= 0.6 is 23.2 Å². The van der Waals surface area contributed by atoms with Crippen molar-refractivity contribution in [3.63, 3.8) is 0 Å². The molecule has 0 saturated carbocycles. The Morgan fingerprint density at radius 1 is 1.35 bits per heavy atom. The van der Waals surface area contributed by atoms with Crippen molar-refractivity contribution in [1.82, 2.24) is 10.6 Å². The number of carbonyl (C=O) groups is 1. The van der Waals surface area contributed by atoms with Gasteiger partial charge in [-0.3, -0.25) is 4.79 Å². The quantitative estimate of drug-likeness (QED) is 0.758. The van der Waals surface area contributed by atoms with Crippen LogP contribution in [0, 0.1) is 23.1 Å². The molecule has 0 saturated heterocycles. The third kappa shape index (κ3) is 5.07. The van der Waals surface area contributed by atoms with Crippen molar-refractivity contribution in [2.45, 2.75) is 39.3 Å². The van der Waals surface area contributed by atoms with Crippen LogP contribution in [0.1, 0.15) is 39.3 Å². The zero-order valence-electron chi connectivity index (χ0n) is 13.5. The normalized spacial score (nSPS) is 14.9. The molecule has 4 nitrogen and oxygen atoms in total. The molecule has 0 radical (unpaired) electrons. The highest BCUT2D eigenvalue weighted by molar-refractivity contribution is 6.35. The summed E-state index contributed by atoms with van der Waals surface area (Å²) in [6, 6.07) is 4.33. The highest BCUT2D eigenvalue weighted by Crippen LogP contribution is 2.28. The van der Waals surface area contributed by atoms with Crippen molar-refractivity contribution in [3.8, 4) is 6.07 Å². The SMILES string of the molecule is CC(C)[C@](C)(C#N)NC(=O)CN[C@H](C)c1cc(F)c(Cl)cc1Cl. The zero-order chi connectivity index (χ0) is 17.8. The summed E-state index contributed by atoms with van der Waals surface area (Å²) in [7, 11) is 0. The molecule has 126 valence electrons. The first-order valence-corrected chi connectivity index (χ1v) is 7.96. The number of carbonyl (C=O) groups excluding carboxylic acids is 1. The fraction of sp³-hybridized carbons (Fsp3) is 0.500. The molecular formula is C16H20Cl2FN3O. The Hall–Kier alpha value is -1.35. The molecule has 1 rings (SSSR count). The number of benzene rings is 1. The smallest absolute Gasteiger partial charge is 0.235 e. The van der Waals surface area contributed by atoms with Gasteiger partial charge in [-0.05, 0) is 37.5 Å². The fourth-order valence-electron chi connectivity index (χ4n) is 1.86. The minimum absolute atomic E-state index is 0.0221. The molecule has 2 N–H and O–H groups in total. The van der Waals surface area contributed by atoms with Crippen molar-refractivity contribution >= 4 is 29.1 Å². The summed E-state index contributed by atoms with van der Waals surface area (Å²) in [6.45, 7) is 7.12. The Balaban J connectivity index is 2.70. The first-order chi connectivity index (χ1) is 10.6. The lowest BCUT2D eigenvalue weighted by molar-refractivity contribution is -0.122. The molecule has 0 aliphatic heterocycles. The van der Waals surface area contributed by atoms with Crippen LogP contribution in [0.15, 0.2) is 12.1 Å². The lowest BCUT2D eigenvalue weighted by Gasteiger charge is -2.27. The van der Waals surface area contributed by atoms with Crippen LogP contribution in [0.3, 0.4) is 0 Å². The molecule has 0 bridgehead atoms. The van der Waals surface area contributed by atoms with Crippen molar-refractivity contribution < 1.29 is 9.18 Å². The van der Waals surface area contributed by atoms with E-state index in [2.05, 4.69) is 16.7 Å². The molecule has 0 spiro atoms. The highest BCUT2D eigenvalue weighted by atomic mass is 35.5. The predicted octanol–water partition coefficient (Wildman–Crippen LogP) is 3.84. The summed E-state index contributed by atoms with van der Waals surface area (Å²) < 4.78 is 13.5. The summed E-state index contributed by atoms with van der Waals surface area (Å²) in [6.07, 6.45) is 0. The van der Waals surface area contributed by atoms with Gasteiger partial charge in [-0.25, -0.2) is 4.39 Å². The standard InChI is InChI=1S/C16H20Cl2FN3O/c1-9(2)16(4,8-20)22-15(23)7-21-10(3)11-5-14(19)13(18)6-12(11)17/h5-6,9-10,21H,7H2,1-4H3,(H,22,23)/t10-,16+/m1/s1. The van der Waals surface area contributed by atoms with Crippen molar-refractivity contribution in [2.75, 3.05) is 6.54 Å². The van der Waals surface area contributed by atoms with Crippen molar-refractivity contribution in [2.24, 2.45) is 5.92 Å². The number of nitrogens with one attached hydrogen (secondary N) is 2. The molecule has 0 aliphatic carbocycles. The van der Waals surface area contributed by atoms with E-state index in [9.17, 15) is 14.4 Å². The Labute approximate surface area is 146 Å². The Morgan fingerprint density at radius 2 is 1.96 bits per heavy atom. The van der Waals surface area contributed by atoms with Crippen LogP contribution in [-0.2, 0) is 4.79 Å². The maximum Gasteiger partial charge on any atom is 0.235 e. The molecular weight excluding hydrogens is 340 g/mol. The minimum atomic E-state index is -0.938. The fourth-order valence-corrected chi connectivity index (χ4v) is 2.41. The van der Waals surface area contributed by atoms with Crippen LogP contribution < -0.4 is 10.6 Å². The molecule has 0 fully saturated rings. The number of hydrogen-bond acceptors (Lipinski definition) is 3. The second-order valence-electron chi connectivity index (χ2n) is 5.91. The highest BCUT2D eigenvalue weighted by Gasteiger charge is 2.29. The third-order valence-electron chi connectivity index (χ3n) is 3.86. The molecule has 0 aromatic heterocycles. The topological polar surface area (TPSA) is 64.9 Å². The van der Waals surface area contributed by atoms with Gasteiger partial charge in [0.05, 0.1) is 17.6 Å². The summed E-state index contributed by atoms with van der Waals surface area (Å²) in [5.41, 5.74) is -0.431. The molecule has 1 aromatic rings. The van der Waals surface area contributed by atoms with Gasteiger partial charge in [0.1, 0.15) is 11.4 Å². The zero-order valence-corrected chi connectivity index (χ0v) is 15.0. The Bertz CT molecular complexity index is 630. The van der Waals surface area contributed by atoms with Crippen LogP contribution in [-0.4, -0.2) is 18.0 Å². The van der Waals surface area contributed by atoms with E-state index in [1.165, 1.54) is 12.1 Å². The number of amides is 1. The summed E-state index contributed by atoms with van der Waals surface area (Å²) in [5.74, 6) is -0.921. The van der Waals surface area contributed by atoms with Gasteiger partial charge < -0.3 is 10.6 Å². The second kappa shape index (κ2) is 7.96. The molecule has 2 atom stereocenters. The molecule has 7 heteroatoms. The molecule has 0 aliphatic rings. The molecule has 1 aromatic carbocycles. The van der Waals surface area contributed by atoms with Gasteiger partial charge in [0.15, 0.2) is 0 Å². The second-order valence-corrected chi connectivity index (χ2v) is 6.72. The first kappa shape index (κ1) is 19.7. The predicted molar refractivity (Wildman–Crippen MR) is 89.8 cm³/mol. The van der Waals surface area contributed by atoms with E-state index in [0.29, 0.717) is 10.6 Å². The number of rotatable bonds is 6. The van der Waals surface area contributed by atoms with E-state index in [0.717, 1.165) is 0 Å². The monoisotopic (exact) mass is 359 g/mol. The van der Waals surface area contributed by atoms with E-state index in [4.69, 9.17) is 23.2 Å². The summed E-state index contributed by atoms with van der Waals surface area (Å²) in [5, 5.41) is 15.1. The maximum absolute atomic E-state index is 13.5. The van der Waals surface area contributed by atoms with Gasteiger partial charge in [-0.15, -0.1) is 0 Å². The van der Waals surface area contributed by atoms with Gasteiger partial charge in [-0.2, -0.15) is 5.26 Å². The van der Waals surface area contributed by atoms with E-state index in [1.54, 1.807) is 13.8 Å². The van der Waals surface area contributed by atoms with E-state index in [1.807, 2.05) is 13.8 Å². The summed E-state index contributed by atoms with van der Waals surface area (Å²) >= 11 is 11.7. The van der Waals surface area contributed by atoms with Gasteiger partial charge in [0, 0.05) is 11.1 Å². The van der Waals surface area contributed by atoms with Crippen molar-refractivity contribution in [3.05, 3.63) is 33.6 Å². The van der Waals surface area contributed by atoms with Gasteiger partial charge in [-0.1, -0.05) is 37.0 Å². The Morgan fingerprint density at radius 3 is 2.48 bits per heavy atom. The van der Waals surface area contributed by atoms with E-state index in [-0.39, 0.29) is 29.4 Å². The van der Waals surface area contributed by atoms with Gasteiger partial charge in [0.25, 0.3) is 0 Å². The molecule has 0 unspecified atom stereocenters. The van der Waals surface area contributed by atoms with E-state index >= 15 is 0 Å². The maximum atomic E-state index is 13.5. The molecule has 23 heavy (non-hydrogen) atoms. The minimum Gasteiger partial charge on any atom is -0.337 e. The molecule has 1 amide bonds. The van der Waals surface area contributed by atoms with E-state index < -0.39 is 11.4 Å². The lowest BCUT2D eigenvalue weighted by atomic mass is 9.90. The first-order valence-electron chi connectivity index (χ1n) is 7.20. The van der Waals surface area contributed by atoms with Crippen LogP contribution in [0.2, 0.25) is 10.0 Å². The van der Waals surface area contributed by atoms with Crippen molar-refractivity contribution in [1.29, 1.82) is 5.26 Å².